The van der Waals surface area contributed by atoms with Gasteiger partial charge < -0.3 is 24.5 Å². The van der Waals surface area contributed by atoms with E-state index >= 15 is 0 Å². The maximum Gasteiger partial charge on any atom is 0.319 e. The first-order valence-corrected chi connectivity index (χ1v) is 8.49. The molecule has 9 nitrogen and oxygen atoms in total. The van der Waals surface area contributed by atoms with Crippen LogP contribution in [0.3, 0.4) is 0 Å². The van der Waals surface area contributed by atoms with Crippen molar-refractivity contribution in [2.75, 3.05) is 12.4 Å². The zero-order valence-corrected chi connectivity index (χ0v) is 15.1. The molecule has 0 aliphatic heterocycles. The van der Waals surface area contributed by atoms with Crippen molar-refractivity contribution < 1.29 is 14.1 Å². The van der Waals surface area contributed by atoms with Crippen molar-refractivity contribution in [3.63, 3.8) is 0 Å². The number of hydrogen-bond acceptors (Lipinski definition) is 6. The number of aromatic nitrogens is 4. The monoisotopic (exact) mass is 358 g/mol. The van der Waals surface area contributed by atoms with Gasteiger partial charge in [-0.15, -0.1) is 0 Å². The summed E-state index contributed by atoms with van der Waals surface area (Å²) in [7, 11) is 1.54. The molecule has 0 fully saturated rings. The Labute approximate surface area is 150 Å². The van der Waals surface area contributed by atoms with Crippen LogP contribution in [0.4, 0.5) is 10.5 Å². The van der Waals surface area contributed by atoms with Crippen LogP contribution in [-0.4, -0.2) is 32.8 Å². The number of aryl methyl sites for hydroxylation is 2. The lowest BCUT2D eigenvalue weighted by Gasteiger charge is -2.07. The summed E-state index contributed by atoms with van der Waals surface area (Å²) in [5.41, 5.74) is 2.60. The Morgan fingerprint density at radius 3 is 2.88 bits per heavy atom. The van der Waals surface area contributed by atoms with Crippen molar-refractivity contribution in [1.29, 1.82) is 0 Å². The highest BCUT2D eigenvalue weighted by Gasteiger charge is 2.11. The summed E-state index contributed by atoms with van der Waals surface area (Å²) in [6.07, 6.45) is 0.863. The average molecular weight is 358 g/mol. The van der Waals surface area contributed by atoms with Crippen molar-refractivity contribution in [2.45, 2.75) is 40.0 Å². The van der Waals surface area contributed by atoms with E-state index in [4.69, 9.17) is 9.26 Å². The number of anilines is 1. The summed E-state index contributed by atoms with van der Waals surface area (Å²) in [6, 6.07) is 5.34. The molecule has 26 heavy (non-hydrogen) atoms. The summed E-state index contributed by atoms with van der Waals surface area (Å²) in [4.78, 5) is 20.8. The molecular weight excluding hydrogens is 336 g/mol. The molecule has 0 unspecified atom stereocenters. The van der Waals surface area contributed by atoms with Gasteiger partial charge in [0.1, 0.15) is 12.4 Å². The minimum Gasteiger partial charge on any atom is -0.375 e. The number of urea groups is 1. The molecule has 1 aromatic carbocycles. The van der Waals surface area contributed by atoms with Crippen LogP contribution in [0.15, 0.2) is 22.7 Å². The van der Waals surface area contributed by atoms with E-state index in [0.717, 1.165) is 29.8 Å². The summed E-state index contributed by atoms with van der Waals surface area (Å²) in [5, 5.41) is 9.24. The molecule has 0 spiro atoms. The van der Waals surface area contributed by atoms with Gasteiger partial charge >= 0.3 is 6.03 Å². The third kappa shape index (κ3) is 3.83. The number of imidazole rings is 1. The summed E-state index contributed by atoms with van der Waals surface area (Å²) >= 11 is 0. The standard InChI is InChI=1S/C17H22N6O3/c1-4-15-20-12-8-11(6-7-13(12)23(15)5-2)19-17(24)18-9-14-21-16(10-25-3)26-22-14/h6-8H,4-5,9-10H2,1-3H3,(H2,18,19,24). The van der Waals surface area contributed by atoms with E-state index in [2.05, 4.69) is 44.2 Å². The Morgan fingerprint density at radius 1 is 1.31 bits per heavy atom. The Bertz CT molecular complexity index is 901. The predicted octanol–water partition coefficient (Wildman–Crippen LogP) is 2.47. The van der Waals surface area contributed by atoms with Crippen LogP contribution in [-0.2, 0) is 30.9 Å². The Balaban J connectivity index is 1.63. The number of hydrogen-bond donors (Lipinski definition) is 2. The molecule has 2 heterocycles. The van der Waals surface area contributed by atoms with Gasteiger partial charge in [-0.05, 0) is 25.1 Å². The number of nitrogens with one attached hydrogen (secondary N) is 2. The maximum absolute atomic E-state index is 12.1. The molecule has 9 heteroatoms. The maximum atomic E-state index is 12.1. The van der Waals surface area contributed by atoms with Crippen LogP contribution in [0, 0.1) is 0 Å². The SMILES string of the molecule is CCc1nc2cc(NC(=O)NCc3noc(COC)n3)ccc2n1CC. The molecule has 2 amide bonds. The van der Waals surface area contributed by atoms with Crippen LogP contribution in [0.1, 0.15) is 31.4 Å². The number of nitrogens with zero attached hydrogens (tertiary/aromatic N) is 4. The molecule has 3 aromatic rings. The van der Waals surface area contributed by atoms with Crippen molar-refractivity contribution in [3.8, 4) is 0 Å². The molecule has 0 aliphatic rings. The normalized spacial score (nSPS) is 11.0. The molecule has 0 saturated heterocycles. The first kappa shape index (κ1) is 17.9. The number of ether oxygens (including phenoxy) is 1. The fraction of sp³-hybridized carbons (Fsp3) is 0.412. The van der Waals surface area contributed by atoms with Crippen molar-refractivity contribution in [3.05, 3.63) is 35.7 Å². The highest BCUT2D eigenvalue weighted by molar-refractivity contribution is 5.92. The summed E-state index contributed by atoms with van der Waals surface area (Å²) < 4.78 is 12.0. The van der Waals surface area contributed by atoms with Gasteiger partial charge in [-0.25, -0.2) is 9.78 Å². The topological polar surface area (TPSA) is 107 Å². The van der Waals surface area contributed by atoms with Crippen LogP contribution >= 0.6 is 0 Å². The van der Waals surface area contributed by atoms with Crippen LogP contribution in [0.5, 0.6) is 0 Å². The van der Waals surface area contributed by atoms with Gasteiger partial charge in [-0.1, -0.05) is 12.1 Å². The number of carbonyl (C=O) groups is 1. The van der Waals surface area contributed by atoms with E-state index in [-0.39, 0.29) is 19.2 Å². The third-order valence-electron chi connectivity index (χ3n) is 3.90. The lowest BCUT2D eigenvalue weighted by atomic mass is 10.2. The quantitative estimate of drug-likeness (QED) is 0.672. The molecule has 2 N–H and O–H groups in total. The zero-order chi connectivity index (χ0) is 18.5. The number of carbonyl (C=O) groups excluding carboxylic acids is 1. The lowest BCUT2D eigenvalue weighted by Crippen LogP contribution is -2.28. The van der Waals surface area contributed by atoms with Gasteiger partial charge in [0.25, 0.3) is 5.89 Å². The van der Waals surface area contributed by atoms with Crippen LogP contribution in [0.2, 0.25) is 0 Å². The minimum atomic E-state index is -0.354. The Hall–Kier alpha value is -2.94. The molecule has 0 bridgehead atoms. The second kappa shape index (κ2) is 7.96. The summed E-state index contributed by atoms with van der Waals surface area (Å²) in [5.74, 6) is 1.79. The van der Waals surface area contributed by atoms with Crippen molar-refractivity contribution in [1.82, 2.24) is 25.0 Å². The van der Waals surface area contributed by atoms with E-state index < -0.39 is 0 Å². The van der Waals surface area contributed by atoms with E-state index in [0.29, 0.717) is 17.4 Å². The van der Waals surface area contributed by atoms with Crippen LogP contribution < -0.4 is 10.6 Å². The molecule has 0 radical (unpaired) electrons. The van der Waals surface area contributed by atoms with E-state index in [1.54, 1.807) is 7.11 Å². The third-order valence-corrected chi connectivity index (χ3v) is 3.90. The molecule has 0 atom stereocenters. The van der Waals surface area contributed by atoms with Gasteiger partial charge in [0.15, 0.2) is 5.82 Å². The van der Waals surface area contributed by atoms with E-state index in [1.165, 1.54) is 0 Å². The number of methoxy groups -OCH3 is 1. The van der Waals surface area contributed by atoms with Gasteiger partial charge in [-0.2, -0.15) is 4.98 Å². The fourth-order valence-electron chi connectivity index (χ4n) is 2.76. The summed E-state index contributed by atoms with van der Waals surface area (Å²) in [6.45, 7) is 5.43. The molecule has 0 aliphatic carbocycles. The Kier molecular flexibility index (Phi) is 5.47. The van der Waals surface area contributed by atoms with Crippen LogP contribution in [0.25, 0.3) is 11.0 Å². The van der Waals surface area contributed by atoms with Gasteiger partial charge in [0.05, 0.1) is 17.6 Å². The van der Waals surface area contributed by atoms with Gasteiger partial charge in [-0.3, -0.25) is 0 Å². The number of amides is 2. The Morgan fingerprint density at radius 2 is 2.15 bits per heavy atom. The number of rotatable bonds is 7. The second-order valence-corrected chi connectivity index (χ2v) is 5.67. The zero-order valence-electron chi connectivity index (χ0n) is 15.1. The highest BCUT2D eigenvalue weighted by atomic mass is 16.5. The second-order valence-electron chi connectivity index (χ2n) is 5.67. The molecular formula is C17H22N6O3. The minimum absolute atomic E-state index is 0.158. The van der Waals surface area contributed by atoms with Crippen molar-refractivity contribution in [2.24, 2.45) is 0 Å². The number of fused-ring (bicyclic) bond motifs is 1. The fourth-order valence-corrected chi connectivity index (χ4v) is 2.76. The van der Waals surface area contributed by atoms with Crippen molar-refractivity contribution >= 4 is 22.8 Å². The van der Waals surface area contributed by atoms with E-state index in [9.17, 15) is 4.79 Å². The van der Waals surface area contributed by atoms with E-state index in [1.807, 2.05) is 18.2 Å². The smallest absolute Gasteiger partial charge is 0.319 e. The predicted molar refractivity (Wildman–Crippen MR) is 95.7 cm³/mol. The molecule has 3 rings (SSSR count). The molecule has 138 valence electrons. The lowest BCUT2D eigenvalue weighted by molar-refractivity contribution is 0.151. The first-order chi connectivity index (χ1) is 12.6. The highest BCUT2D eigenvalue weighted by Crippen LogP contribution is 2.21. The average Bonchev–Trinajstić information content (AvgIpc) is 3.23. The van der Waals surface area contributed by atoms with Gasteiger partial charge in [0, 0.05) is 25.8 Å². The molecule has 2 aromatic heterocycles. The molecule has 0 saturated carbocycles. The first-order valence-electron chi connectivity index (χ1n) is 8.49. The van der Waals surface area contributed by atoms with Gasteiger partial charge in [0.2, 0.25) is 0 Å². The number of benzene rings is 1. The largest absolute Gasteiger partial charge is 0.375 e.